The van der Waals surface area contributed by atoms with E-state index in [2.05, 4.69) is 14.7 Å². The molecule has 0 saturated heterocycles. The van der Waals surface area contributed by atoms with E-state index in [4.69, 9.17) is 11.6 Å². The van der Waals surface area contributed by atoms with Gasteiger partial charge in [-0.3, -0.25) is 0 Å². The van der Waals surface area contributed by atoms with E-state index in [0.29, 0.717) is 5.02 Å². The highest BCUT2D eigenvalue weighted by Crippen LogP contribution is 2.17. The van der Waals surface area contributed by atoms with Crippen LogP contribution in [0.15, 0.2) is 53.7 Å². The van der Waals surface area contributed by atoms with E-state index in [1.807, 2.05) is 12.1 Å². The molecule has 1 aromatic carbocycles. The first-order chi connectivity index (χ1) is 10.1. The van der Waals surface area contributed by atoms with Crippen molar-refractivity contribution in [3.05, 3.63) is 59.4 Å². The predicted molar refractivity (Wildman–Crippen MR) is 81.6 cm³/mol. The van der Waals surface area contributed by atoms with E-state index in [9.17, 15) is 8.42 Å². The molecule has 0 unspecified atom stereocenters. The zero-order valence-corrected chi connectivity index (χ0v) is 12.4. The molecule has 0 aliphatic carbocycles. The number of halogens is 1. The number of aromatic nitrogens is 2. The van der Waals surface area contributed by atoms with Crippen LogP contribution in [0, 0.1) is 0 Å². The Morgan fingerprint density at radius 1 is 1.19 bits per heavy atom. The minimum absolute atomic E-state index is 0.185. The Balaban J connectivity index is 1.82. The van der Waals surface area contributed by atoms with Crippen LogP contribution in [0.25, 0.3) is 11.0 Å². The van der Waals surface area contributed by atoms with E-state index in [0.717, 1.165) is 16.6 Å². The van der Waals surface area contributed by atoms with Crippen molar-refractivity contribution < 1.29 is 8.42 Å². The van der Waals surface area contributed by atoms with Crippen molar-refractivity contribution in [1.29, 1.82) is 0 Å². The fourth-order valence-corrected chi connectivity index (χ4v) is 3.16. The fraction of sp³-hybridized carbons (Fsp3) is 0.0714. The van der Waals surface area contributed by atoms with Gasteiger partial charge in [-0.15, -0.1) is 0 Å². The van der Waals surface area contributed by atoms with Crippen LogP contribution in [0.2, 0.25) is 5.02 Å². The van der Waals surface area contributed by atoms with Gasteiger partial charge < -0.3 is 4.98 Å². The molecule has 0 bridgehead atoms. The standard InChI is InChI=1S/C14H12ClN3O2S/c15-11-3-5-12(6-4-11)21(19,20)18-9-10-8-17-14-13(10)2-1-7-16-14/h1-8,18H,9H2,(H,16,17). The molecule has 0 aliphatic heterocycles. The maximum absolute atomic E-state index is 12.2. The highest BCUT2D eigenvalue weighted by molar-refractivity contribution is 7.89. The molecular weight excluding hydrogens is 310 g/mol. The zero-order chi connectivity index (χ0) is 14.9. The largest absolute Gasteiger partial charge is 0.346 e. The van der Waals surface area contributed by atoms with Crippen molar-refractivity contribution >= 4 is 32.7 Å². The van der Waals surface area contributed by atoms with E-state index in [-0.39, 0.29) is 11.4 Å². The zero-order valence-electron chi connectivity index (χ0n) is 10.9. The van der Waals surface area contributed by atoms with Gasteiger partial charge in [-0.25, -0.2) is 18.1 Å². The molecular formula is C14H12ClN3O2S. The summed E-state index contributed by atoms with van der Waals surface area (Å²) in [6.45, 7) is 0.191. The molecule has 3 aromatic rings. The lowest BCUT2D eigenvalue weighted by Gasteiger charge is -2.06. The summed E-state index contributed by atoms with van der Waals surface area (Å²) in [6.07, 6.45) is 3.43. The first kappa shape index (κ1) is 14.1. The van der Waals surface area contributed by atoms with Crippen LogP contribution in [0.1, 0.15) is 5.56 Å². The number of H-pyrrole nitrogens is 1. The SMILES string of the molecule is O=S(=O)(NCc1c[nH]c2ncccc12)c1ccc(Cl)cc1. The lowest BCUT2D eigenvalue weighted by atomic mass is 10.2. The Morgan fingerprint density at radius 3 is 2.71 bits per heavy atom. The third kappa shape index (κ3) is 2.92. The lowest BCUT2D eigenvalue weighted by molar-refractivity contribution is 0.581. The Bertz CT molecular complexity index is 873. The van der Waals surface area contributed by atoms with Crippen LogP contribution in [0.4, 0.5) is 0 Å². The molecule has 0 spiro atoms. The minimum atomic E-state index is -3.56. The molecule has 5 nitrogen and oxygen atoms in total. The number of hydrogen-bond donors (Lipinski definition) is 2. The smallest absolute Gasteiger partial charge is 0.240 e. The second kappa shape index (κ2) is 5.48. The van der Waals surface area contributed by atoms with Gasteiger partial charge in [0, 0.05) is 29.3 Å². The van der Waals surface area contributed by atoms with Crippen LogP contribution in [0.5, 0.6) is 0 Å². The maximum atomic E-state index is 12.2. The number of sulfonamides is 1. The van der Waals surface area contributed by atoms with Gasteiger partial charge in [0.1, 0.15) is 5.65 Å². The third-order valence-corrected chi connectivity index (χ3v) is 4.78. The topological polar surface area (TPSA) is 74.8 Å². The van der Waals surface area contributed by atoms with Gasteiger partial charge in [0.2, 0.25) is 10.0 Å². The van der Waals surface area contributed by atoms with Crippen LogP contribution >= 0.6 is 11.6 Å². The van der Waals surface area contributed by atoms with Gasteiger partial charge in [-0.05, 0) is 42.0 Å². The average Bonchev–Trinajstić information content (AvgIpc) is 2.89. The van der Waals surface area contributed by atoms with Crippen molar-refractivity contribution in [2.75, 3.05) is 0 Å². The normalized spacial score (nSPS) is 11.9. The second-order valence-corrected chi connectivity index (χ2v) is 6.70. The van der Waals surface area contributed by atoms with E-state index >= 15 is 0 Å². The third-order valence-electron chi connectivity index (χ3n) is 3.11. The highest BCUT2D eigenvalue weighted by Gasteiger charge is 2.14. The molecule has 0 saturated carbocycles. The van der Waals surface area contributed by atoms with Crippen LogP contribution in [-0.2, 0) is 16.6 Å². The summed E-state index contributed by atoms with van der Waals surface area (Å²) in [5.41, 5.74) is 1.58. The van der Waals surface area contributed by atoms with E-state index in [1.165, 1.54) is 12.1 Å². The molecule has 0 aliphatic rings. The molecule has 0 fully saturated rings. The second-order valence-electron chi connectivity index (χ2n) is 4.49. The Hall–Kier alpha value is -1.89. The molecule has 21 heavy (non-hydrogen) atoms. The number of aromatic amines is 1. The van der Waals surface area contributed by atoms with Gasteiger partial charge in [-0.1, -0.05) is 11.6 Å². The Kier molecular flexibility index (Phi) is 3.67. The number of rotatable bonds is 4. The van der Waals surface area contributed by atoms with Gasteiger partial charge >= 0.3 is 0 Å². The number of nitrogens with one attached hydrogen (secondary N) is 2. The van der Waals surface area contributed by atoms with Crippen LogP contribution in [-0.4, -0.2) is 18.4 Å². The summed E-state index contributed by atoms with van der Waals surface area (Å²) in [5, 5.41) is 1.40. The van der Waals surface area contributed by atoms with E-state index in [1.54, 1.807) is 24.5 Å². The monoisotopic (exact) mass is 321 g/mol. The summed E-state index contributed by atoms with van der Waals surface area (Å²) in [7, 11) is -3.56. The quantitative estimate of drug-likeness (QED) is 0.775. The van der Waals surface area contributed by atoms with Crippen molar-refractivity contribution in [2.24, 2.45) is 0 Å². The van der Waals surface area contributed by atoms with Crippen molar-refractivity contribution in [3.63, 3.8) is 0 Å². The molecule has 7 heteroatoms. The molecule has 2 aromatic heterocycles. The van der Waals surface area contributed by atoms with Gasteiger partial charge in [0.15, 0.2) is 0 Å². The molecule has 2 heterocycles. The molecule has 3 rings (SSSR count). The first-order valence-electron chi connectivity index (χ1n) is 6.22. The number of fused-ring (bicyclic) bond motifs is 1. The summed E-state index contributed by atoms with van der Waals surface area (Å²) in [5.74, 6) is 0. The molecule has 0 atom stereocenters. The number of benzene rings is 1. The highest BCUT2D eigenvalue weighted by atomic mass is 35.5. The maximum Gasteiger partial charge on any atom is 0.240 e. The van der Waals surface area contributed by atoms with Crippen molar-refractivity contribution in [3.8, 4) is 0 Å². The number of hydrogen-bond acceptors (Lipinski definition) is 3. The van der Waals surface area contributed by atoms with E-state index < -0.39 is 10.0 Å². The summed E-state index contributed by atoms with van der Waals surface area (Å²) >= 11 is 5.76. The minimum Gasteiger partial charge on any atom is -0.346 e. The average molecular weight is 322 g/mol. The first-order valence-corrected chi connectivity index (χ1v) is 8.08. The predicted octanol–water partition coefficient (Wildman–Crippen LogP) is 2.69. The number of nitrogens with zero attached hydrogens (tertiary/aromatic N) is 1. The lowest BCUT2D eigenvalue weighted by Crippen LogP contribution is -2.23. The summed E-state index contributed by atoms with van der Waals surface area (Å²) in [6, 6.07) is 9.75. The summed E-state index contributed by atoms with van der Waals surface area (Å²) in [4.78, 5) is 7.36. The van der Waals surface area contributed by atoms with Crippen molar-refractivity contribution in [2.45, 2.75) is 11.4 Å². The molecule has 2 N–H and O–H groups in total. The Labute approximate surface area is 127 Å². The number of pyridine rings is 1. The van der Waals surface area contributed by atoms with Gasteiger partial charge in [-0.2, -0.15) is 0 Å². The fourth-order valence-electron chi connectivity index (χ4n) is 2.03. The van der Waals surface area contributed by atoms with Crippen LogP contribution in [0.3, 0.4) is 0 Å². The van der Waals surface area contributed by atoms with Crippen LogP contribution < -0.4 is 4.72 Å². The molecule has 108 valence electrons. The van der Waals surface area contributed by atoms with Gasteiger partial charge in [0.05, 0.1) is 4.90 Å². The van der Waals surface area contributed by atoms with Gasteiger partial charge in [0.25, 0.3) is 0 Å². The summed E-state index contributed by atoms with van der Waals surface area (Å²) < 4.78 is 27.0. The molecule has 0 amide bonds. The molecule has 0 radical (unpaired) electrons. The Morgan fingerprint density at radius 2 is 1.95 bits per heavy atom. The van der Waals surface area contributed by atoms with Crippen molar-refractivity contribution in [1.82, 2.24) is 14.7 Å².